The van der Waals surface area contributed by atoms with Crippen LogP contribution in [0.4, 0.5) is 0 Å². The van der Waals surface area contributed by atoms with Gasteiger partial charge in [0.2, 0.25) is 0 Å². The van der Waals surface area contributed by atoms with Crippen molar-refractivity contribution in [2.75, 3.05) is 7.11 Å². The molecule has 0 radical (unpaired) electrons. The van der Waals surface area contributed by atoms with Crippen molar-refractivity contribution < 1.29 is 9.53 Å². The number of nitrogens with zero attached hydrogens (tertiary/aromatic N) is 3. The quantitative estimate of drug-likeness (QED) is 0.751. The van der Waals surface area contributed by atoms with Crippen LogP contribution in [-0.4, -0.2) is 28.0 Å². The fraction of sp³-hybridized carbons (Fsp3) is 0.211. The van der Waals surface area contributed by atoms with E-state index in [0.29, 0.717) is 12.1 Å². The summed E-state index contributed by atoms with van der Waals surface area (Å²) in [6, 6.07) is 15.0. The van der Waals surface area contributed by atoms with Crippen molar-refractivity contribution in [3.8, 4) is 5.75 Å². The SMILES string of the molecule is COc1ccc(C(=O)NC(Cn2nccn2)c2ccccc2)cc1C. The molecule has 128 valence electrons. The molecule has 6 heteroatoms. The molecule has 0 bridgehead atoms. The maximum absolute atomic E-state index is 12.7. The standard InChI is InChI=1S/C19H20N4O2/c1-14-12-16(8-9-18(14)25-2)19(24)22-17(13-23-20-10-11-21-23)15-6-4-3-5-7-15/h3-12,17H,13H2,1-2H3,(H,22,24). The predicted molar refractivity (Wildman–Crippen MR) is 94.4 cm³/mol. The molecule has 0 aliphatic heterocycles. The highest BCUT2D eigenvalue weighted by Crippen LogP contribution is 2.20. The third-order valence-corrected chi connectivity index (χ3v) is 3.98. The van der Waals surface area contributed by atoms with Gasteiger partial charge in [0.15, 0.2) is 0 Å². The molecule has 1 unspecified atom stereocenters. The number of rotatable bonds is 6. The molecule has 3 aromatic rings. The zero-order valence-corrected chi connectivity index (χ0v) is 14.2. The first-order valence-electron chi connectivity index (χ1n) is 8.02. The minimum atomic E-state index is -0.233. The molecule has 0 spiro atoms. The summed E-state index contributed by atoms with van der Waals surface area (Å²) >= 11 is 0. The van der Waals surface area contributed by atoms with Crippen LogP contribution >= 0.6 is 0 Å². The minimum Gasteiger partial charge on any atom is -0.496 e. The lowest BCUT2D eigenvalue weighted by Gasteiger charge is -2.19. The highest BCUT2D eigenvalue weighted by atomic mass is 16.5. The second-order valence-corrected chi connectivity index (χ2v) is 5.71. The van der Waals surface area contributed by atoms with Gasteiger partial charge in [-0.2, -0.15) is 15.0 Å². The van der Waals surface area contributed by atoms with Crippen LogP contribution in [0.3, 0.4) is 0 Å². The fourth-order valence-electron chi connectivity index (χ4n) is 2.68. The maximum atomic E-state index is 12.7. The lowest BCUT2D eigenvalue weighted by Crippen LogP contribution is -2.32. The van der Waals surface area contributed by atoms with Crippen LogP contribution in [0.15, 0.2) is 60.9 Å². The molecule has 2 aromatic carbocycles. The van der Waals surface area contributed by atoms with E-state index in [9.17, 15) is 4.79 Å². The molecule has 6 nitrogen and oxygen atoms in total. The van der Waals surface area contributed by atoms with Gasteiger partial charge in [-0.05, 0) is 36.2 Å². The van der Waals surface area contributed by atoms with E-state index in [4.69, 9.17) is 4.74 Å². The molecule has 3 rings (SSSR count). The van der Waals surface area contributed by atoms with E-state index < -0.39 is 0 Å². The van der Waals surface area contributed by atoms with Crippen molar-refractivity contribution in [3.05, 3.63) is 77.6 Å². The van der Waals surface area contributed by atoms with E-state index in [1.807, 2.05) is 43.3 Å². The zero-order valence-electron chi connectivity index (χ0n) is 14.2. The highest BCUT2D eigenvalue weighted by Gasteiger charge is 2.17. The number of hydrogen-bond donors (Lipinski definition) is 1. The summed E-state index contributed by atoms with van der Waals surface area (Å²) in [7, 11) is 1.62. The van der Waals surface area contributed by atoms with E-state index >= 15 is 0 Å². The summed E-state index contributed by atoms with van der Waals surface area (Å²) in [5, 5.41) is 11.3. The van der Waals surface area contributed by atoms with Crippen molar-refractivity contribution in [2.45, 2.75) is 19.5 Å². The minimum absolute atomic E-state index is 0.147. The number of methoxy groups -OCH3 is 1. The molecule has 0 fully saturated rings. The first-order chi connectivity index (χ1) is 12.2. The normalized spacial score (nSPS) is 11.8. The number of aromatic nitrogens is 3. The van der Waals surface area contributed by atoms with Gasteiger partial charge in [-0.3, -0.25) is 4.79 Å². The Balaban J connectivity index is 1.82. The second-order valence-electron chi connectivity index (χ2n) is 5.71. The van der Waals surface area contributed by atoms with Crippen molar-refractivity contribution in [2.24, 2.45) is 0 Å². The van der Waals surface area contributed by atoms with Crippen molar-refractivity contribution >= 4 is 5.91 Å². The monoisotopic (exact) mass is 336 g/mol. The summed E-state index contributed by atoms with van der Waals surface area (Å²) in [6.07, 6.45) is 3.24. The predicted octanol–water partition coefficient (Wildman–Crippen LogP) is 2.77. The number of amides is 1. The molecule has 1 N–H and O–H groups in total. The average molecular weight is 336 g/mol. The van der Waals surface area contributed by atoms with Crippen molar-refractivity contribution in [3.63, 3.8) is 0 Å². The highest BCUT2D eigenvalue weighted by molar-refractivity contribution is 5.94. The number of benzene rings is 2. The summed E-state index contributed by atoms with van der Waals surface area (Å²) < 4.78 is 5.25. The summed E-state index contributed by atoms with van der Waals surface area (Å²) in [6.45, 7) is 2.37. The van der Waals surface area contributed by atoms with E-state index in [1.165, 1.54) is 0 Å². The Morgan fingerprint density at radius 3 is 2.52 bits per heavy atom. The van der Waals surface area contributed by atoms with Gasteiger partial charge in [-0.1, -0.05) is 30.3 Å². The third-order valence-electron chi connectivity index (χ3n) is 3.98. The molecule has 0 aliphatic carbocycles. The van der Waals surface area contributed by atoms with Crippen LogP contribution in [0.25, 0.3) is 0 Å². The van der Waals surface area contributed by atoms with E-state index in [2.05, 4.69) is 15.5 Å². The zero-order chi connectivity index (χ0) is 17.6. The van der Waals surface area contributed by atoms with Crippen molar-refractivity contribution in [1.82, 2.24) is 20.3 Å². The van der Waals surface area contributed by atoms with E-state index in [-0.39, 0.29) is 11.9 Å². The molecule has 1 heterocycles. The Labute approximate surface area is 146 Å². The smallest absolute Gasteiger partial charge is 0.251 e. The number of nitrogens with one attached hydrogen (secondary N) is 1. The van der Waals surface area contributed by atoms with Gasteiger partial charge in [-0.15, -0.1) is 0 Å². The van der Waals surface area contributed by atoms with E-state index in [0.717, 1.165) is 16.9 Å². The molecule has 0 saturated heterocycles. The summed E-state index contributed by atoms with van der Waals surface area (Å²) in [4.78, 5) is 14.3. The topological polar surface area (TPSA) is 69.0 Å². The van der Waals surface area contributed by atoms with Crippen LogP contribution in [-0.2, 0) is 6.54 Å². The molecule has 1 aromatic heterocycles. The Morgan fingerprint density at radius 2 is 1.88 bits per heavy atom. The molecular weight excluding hydrogens is 316 g/mol. The van der Waals surface area contributed by atoms with Gasteiger partial charge in [0.05, 0.1) is 32.1 Å². The Bertz CT molecular complexity index is 832. The number of ether oxygens (including phenoxy) is 1. The maximum Gasteiger partial charge on any atom is 0.251 e. The summed E-state index contributed by atoms with van der Waals surface area (Å²) in [5.41, 5.74) is 2.51. The number of carbonyl (C=O) groups excluding carboxylic acids is 1. The van der Waals surface area contributed by atoms with Crippen LogP contribution < -0.4 is 10.1 Å². The summed E-state index contributed by atoms with van der Waals surface area (Å²) in [5.74, 6) is 0.615. The van der Waals surface area contributed by atoms with Crippen LogP contribution in [0.5, 0.6) is 5.75 Å². The third kappa shape index (κ3) is 4.03. The number of aryl methyl sites for hydroxylation is 1. The lowest BCUT2D eigenvalue weighted by atomic mass is 10.1. The van der Waals surface area contributed by atoms with Gasteiger partial charge in [0, 0.05) is 5.56 Å². The molecular formula is C19H20N4O2. The van der Waals surface area contributed by atoms with Gasteiger partial charge in [-0.25, -0.2) is 0 Å². The first-order valence-corrected chi connectivity index (χ1v) is 8.02. The molecule has 1 amide bonds. The molecule has 0 saturated carbocycles. The number of hydrogen-bond acceptors (Lipinski definition) is 4. The van der Waals surface area contributed by atoms with Crippen molar-refractivity contribution in [1.29, 1.82) is 0 Å². The van der Waals surface area contributed by atoms with Crippen LogP contribution in [0.1, 0.15) is 27.5 Å². The van der Waals surface area contributed by atoms with Gasteiger partial charge < -0.3 is 10.1 Å². The van der Waals surface area contributed by atoms with Crippen LogP contribution in [0, 0.1) is 6.92 Å². The largest absolute Gasteiger partial charge is 0.496 e. The Kier molecular flexibility index (Phi) is 5.09. The first kappa shape index (κ1) is 16.7. The van der Waals surface area contributed by atoms with Gasteiger partial charge in [0.25, 0.3) is 5.91 Å². The van der Waals surface area contributed by atoms with Crippen LogP contribution in [0.2, 0.25) is 0 Å². The Morgan fingerprint density at radius 1 is 1.16 bits per heavy atom. The van der Waals surface area contributed by atoms with Gasteiger partial charge in [0.1, 0.15) is 5.75 Å². The lowest BCUT2D eigenvalue weighted by molar-refractivity contribution is 0.0930. The average Bonchev–Trinajstić information content (AvgIpc) is 3.15. The second kappa shape index (κ2) is 7.61. The van der Waals surface area contributed by atoms with Gasteiger partial charge >= 0.3 is 0 Å². The molecule has 1 atom stereocenters. The molecule has 25 heavy (non-hydrogen) atoms. The Hall–Kier alpha value is -3.15. The van der Waals surface area contributed by atoms with E-state index in [1.54, 1.807) is 36.4 Å². The molecule has 0 aliphatic rings. The fourth-order valence-corrected chi connectivity index (χ4v) is 2.68. The number of carbonyl (C=O) groups is 1.